The third-order valence-electron chi connectivity index (χ3n) is 1.48. The lowest BCUT2D eigenvalue weighted by molar-refractivity contribution is -0.114. The molecule has 4 nitrogen and oxygen atoms in total. The van der Waals surface area contributed by atoms with E-state index in [4.69, 9.17) is 10.00 Å². The van der Waals surface area contributed by atoms with E-state index in [9.17, 15) is 4.79 Å². The lowest BCUT2D eigenvalue weighted by Crippen LogP contribution is -2.05. The SMILES string of the molecule is CC(=O)Nc1ccc(OCC#N)cc1. The standard InChI is InChI=1S/C10H10N2O2/c1-8(13)12-9-2-4-10(5-3-9)14-7-6-11/h2-5H,7H2,1H3,(H,12,13). The fraction of sp³-hybridized carbons (Fsp3) is 0.200. The predicted octanol–water partition coefficient (Wildman–Crippen LogP) is 1.55. The lowest BCUT2D eigenvalue weighted by atomic mass is 10.3. The van der Waals surface area contributed by atoms with Crippen LogP contribution in [0.15, 0.2) is 24.3 Å². The topological polar surface area (TPSA) is 62.1 Å². The van der Waals surface area contributed by atoms with Gasteiger partial charge < -0.3 is 10.1 Å². The highest BCUT2D eigenvalue weighted by atomic mass is 16.5. The summed E-state index contributed by atoms with van der Waals surface area (Å²) in [6.07, 6.45) is 0. The Labute approximate surface area is 82.1 Å². The third-order valence-corrected chi connectivity index (χ3v) is 1.48. The second-order valence-corrected chi connectivity index (χ2v) is 2.65. The third kappa shape index (κ3) is 3.15. The quantitative estimate of drug-likeness (QED) is 0.786. The summed E-state index contributed by atoms with van der Waals surface area (Å²) in [5.74, 6) is 0.497. The number of anilines is 1. The molecular weight excluding hydrogens is 180 g/mol. The van der Waals surface area contributed by atoms with E-state index in [0.717, 1.165) is 0 Å². The highest BCUT2D eigenvalue weighted by molar-refractivity contribution is 5.88. The van der Waals surface area contributed by atoms with E-state index in [-0.39, 0.29) is 12.5 Å². The number of nitrogens with one attached hydrogen (secondary N) is 1. The van der Waals surface area contributed by atoms with Crippen molar-refractivity contribution in [2.45, 2.75) is 6.92 Å². The number of carbonyl (C=O) groups excluding carboxylic acids is 1. The van der Waals surface area contributed by atoms with E-state index < -0.39 is 0 Å². The molecule has 0 aliphatic carbocycles. The molecule has 0 bridgehead atoms. The van der Waals surface area contributed by atoms with E-state index in [2.05, 4.69) is 5.32 Å². The number of ether oxygens (including phenoxy) is 1. The fourth-order valence-electron chi connectivity index (χ4n) is 0.953. The maximum Gasteiger partial charge on any atom is 0.221 e. The van der Waals surface area contributed by atoms with Gasteiger partial charge >= 0.3 is 0 Å². The molecule has 0 radical (unpaired) electrons. The predicted molar refractivity (Wildman–Crippen MR) is 51.9 cm³/mol. The Morgan fingerprint density at radius 1 is 1.50 bits per heavy atom. The molecule has 0 aliphatic rings. The number of hydrogen-bond donors (Lipinski definition) is 1. The first-order valence-electron chi connectivity index (χ1n) is 4.10. The summed E-state index contributed by atoms with van der Waals surface area (Å²) in [5, 5.41) is 10.9. The van der Waals surface area contributed by atoms with Gasteiger partial charge in [-0.1, -0.05) is 0 Å². The van der Waals surface area contributed by atoms with E-state index >= 15 is 0 Å². The smallest absolute Gasteiger partial charge is 0.221 e. The minimum absolute atomic E-state index is 0.0273. The van der Waals surface area contributed by atoms with E-state index in [0.29, 0.717) is 11.4 Å². The van der Waals surface area contributed by atoms with Crippen molar-refractivity contribution in [2.24, 2.45) is 0 Å². The molecule has 0 unspecified atom stereocenters. The Morgan fingerprint density at radius 3 is 2.64 bits per heavy atom. The van der Waals surface area contributed by atoms with Crippen molar-refractivity contribution >= 4 is 11.6 Å². The summed E-state index contributed by atoms with van der Waals surface area (Å²) in [6.45, 7) is 1.47. The molecule has 4 heteroatoms. The van der Waals surface area contributed by atoms with Crippen LogP contribution in [-0.4, -0.2) is 12.5 Å². The zero-order valence-corrected chi connectivity index (χ0v) is 7.78. The van der Waals surface area contributed by atoms with Crippen molar-refractivity contribution in [1.29, 1.82) is 5.26 Å². The van der Waals surface area contributed by atoms with Crippen LogP contribution in [0.2, 0.25) is 0 Å². The summed E-state index contributed by atoms with van der Waals surface area (Å²) in [7, 11) is 0. The van der Waals surface area contributed by atoms with Crippen LogP contribution >= 0.6 is 0 Å². The summed E-state index contributed by atoms with van der Waals surface area (Å²) in [5.41, 5.74) is 0.710. The second kappa shape index (κ2) is 4.87. The zero-order chi connectivity index (χ0) is 10.4. The van der Waals surface area contributed by atoms with Gasteiger partial charge in [0.15, 0.2) is 6.61 Å². The number of benzene rings is 1. The van der Waals surface area contributed by atoms with Gasteiger partial charge in [-0.3, -0.25) is 4.79 Å². The second-order valence-electron chi connectivity index (χ2n) is 2.65. The van der Waals surface area contributed by atoms with Crippen molar-refractivity contribution in [1.82, 2.24) is 0 Å². The minimum atomic E-state index is -0.115. The number of rotatable bonds is 3. The maximum atomic E-state index is 10.7. The first-order valence-corrected chi connectivity index (χ1v) is 4.10. The van der Waals surface area contributed by atoms with Gasteiger partial charge in [-0.2, -0.15) is 5.26 Å². The van der Waals surface area contributed by atoms with Crippen molar-refractivity contribution in [2.75, 3.05) is 11.9 Å². The van der Waals surface area contributed by atoms with Crippen molar-refractivity contribution < 1.29 is 9.53 Å². The molecule has 1 N–H and O–H groups in total. The number of nitriles is 1. The molecule has 72 valence electrons. The van der Waals surface area contributed by atoms with Crippen LogP contribution in [0.4, 0.5) is 5.69 Å². The molecule has 0 aromatic heterocycles. The van der Waals surface area contributed by atoms with Crippen LogP contribution in [0, 0.1) is 11.3 Å². The molecule has 0 fully saturated rings. The summed E-state index contributed by atoms with van der Waals surface area (Å²) in [4.78, 5) is 10.7. The molecule has 0 atom stereocenters. The van der Waals surface area contributed by atoms with Crippen LogP contribution in [-0.2, 0) is 4.79 Å². The first kappa shape index (κ1) is 10.1. The number of amides is 1. The molecule has 1 amide bonds. The van der Waals surface area contributed by atoms with Gasteiger partial charge in [0.1, 0.15) is 11.8 Å². The Morgan fingerprint density at radius 2 is 2.14 bits per heavy atom. The summed E-state index contributed by atoms with van der Waals surface area (Å²) < 4.78 is 5.04. The zero-order valence-electron chi connectivity index (χ0n) is 7.78. The van der Waals surface area contributed by atoms with Gasteiger partial charge in [-0.15, -0.1) is 0 Å². The molecule has 1 aromatic rings. The fourth-order valence-corrected chi connectivity index (χ4v) is 0.953. The highest BCUT2D eigenvalue weighted by Crippen LogP contribution is 2.15. The van der Waals surface area contributed by atoms with Crippen LogP contribution in [0.3, 0.4) is 0 Å². The van der Waals surface area contributed by atoms with E-state index in [1.807, 2.05) is 6.07 Å². The Bertz CT molecular complexity index is 351. The molecule has 1 aromatic carbocycles. The van der Waals surface area contributed by atoms with Crippen LogP contribution in [0.5, 0.6) is 5.75 Å². The van der Waals surface area contributed by atoms with Gasteiger partial charge in [0.2, 0.25) is 5.91 Å². The molecule has 0 saturated heterocycles. The van der Waals surface area contributed by atoms with E-state index in [1.165, 1.54) is 6.92 Å². The van der Waals surface area contributed by atoms with Gasteiger partial charge in [0.25, 0.3) is 0 Å². The summed E-state index contributed by atoms with van der Waals surface area (Å²) in [6, 6.07) is 8.70. The van der Waals surface area contributed by atoms with Crippen LogP contribution in [0.25, 0.3) is 0 Å². The number of hydrogen-bond acceptors (Lipinski definition) is 3. The van der Waals surface area contributed by atoms with Gasteiger partial charge in [0.05, 0.1) is 0 Å². The number of nitrogens with zero attached hydrogens (tertiary/aromatic N) is 1. The number of carbonyl (C=O) groups is 1. The van der Waals surface area contributed by atoms with Crippen molar-refractivity contribution in [3.8, 4) is 11.8 Å². The highest BCUT2D eigenvalue weighted by Gasteiger charge is 1.96. The van der Waals surface area contributed by atoms with Gasteiger partial charge in [-0.25, -0.2) is 0 Å². The van der Waals surface area contributed by atoms with Gasteiger partial charge in [0, 0.05) is 12.6 Å². The molecule has 0 aliphatic heterocycles. The van der Waals surface area contributed by atoms with Gasteiger partial charge in [-0.05, 0) is 24.3 Å². The lowest BCUT2D eigenvalue weighted by Gasteiger charge is -2.03. The Kier molecular flexibility index (Phi) is 3.50. The minimum Gasteiger partial charge on any atom is -0.479 e. The molecule has 0 heterocycles. The Hall–Kier alpha value is -2.02. The van der Waals surface area contributed by atoms with Crippen LogP contribution < -0.4 is 10.1 Å². The molecule has 0 spiro atoms. The molecule has 14 heavy (non-hydrogen) atoms. The van der Waals surface area contributed by atoms with Crippen molar-refractivity contribution in [3.63, 3.8) is 0 Å². The molecule has 0 saturated carbocycles. The van der Waals surface area contributed by atoms with Crippen molar-refractivity contribution in [3.05, 3.63) is 24.3 Å². The Balaban J connectivity index is 2.60. The molecule has 1 rings (SSSR count). The largest absolute Gasteiger partial charge is 0.479 e. The van der Waals surface area contributed by atoms with E-state index in [1.54, 1.807) is 24.3 Å². The molecular formula is C10H10N2O2. The van der Waals surface area contributed by atoms with Crippen LogP contribution in [0.1, 0.15) is 6.92 Å². The average Bonchev–Trinajstić information content (AvgIpc) is 2.16. The maximum absolute atomic E-state index is 10.7. The first-order chi connectivity index (χ1) is 6.72. The summed E-state index contributed by atoms with van der Waals surface area (Å²) >= 11 is 0. The normalized spacial score (nSPS) is 8.86. The monoisotopic (exact) mass is 190 g/mol. The average molecular weight is 190 g/mol.